The lowest BCUT2D eigenvalue weighted by molar-refractivity contribution is 0.163. The fraction of sp³-hybridized carbons (Fsp3) is 0.632. The van der Waals surface area contributed by atoms with E-state index in [0.717, 1.165) is 18.2 Å². The summed E-state index contributed by atoms with van der Waals surface area (Å²) >= 11 is 5.65. The molecule has 0 aromatic heterocycles. The predicted molar refractivity (Wildman–Crippen MR) is 104 cm³/mol. The Hall–Kier alpha value is -1.13. The molecule has 0 amide bonds. The number of hydrogen-bond acceptors (Lipinski definition) is 2. The number of likely N-dealkylation sites (tertiary alicyclic amines) is 1. The van der Waals surface area contributed by atoms with Crippen molar-refractivity contribution in [3.05, 3.63) is 29.3 Å². The van der Waals surface area contributed by atoms with E-state index in [4.69, 9.17) is 12.2 Å². The third-order valence-electron chi connectivity index (χ3n) is 4.95. The zero-order valence-corrected chi connectivity index (χ0v) is 15.9. The number of aryl methyl sites for hydroxylation is 2. The lowest BCUT2D eigenvalue weighted by Gasteiger charge is -2.38. The number of hydrogen-bond donors (Lipinski definition) is 1. The first kappa shape index (κ1) is 18.2. The van der Waals surface area contributed by atoms with Crippen molar-refractivity contribution in [1.29, 1.82) is 0 Å². The summed E-state index contributed by atoms with van der Waals surface area (Å²) < 4.78 is 0. The van der Waals surface area contributed by atoms with Crippen molar-refractivity contribution in [1.82, 2.24) is 9.80 Å². The number of unbranched alkanes of at least 4 members (excludes halogenated alkanes) is 1. The molecular weight excluding hydrogens is 302 g/mol. The van der Waals surface area contributed by atoms with Gasteiger partial charge in [-0.1, -0.05) is 31.5 Å². The Morgan fingerprint density at radius 1 is 1.26 bits per heavy atom. The average molecular weight is 334 g/mol. The molecule has 1 aliphatic rings. The summed E-state index contributed by atoms with van der Waals surface area (Å²) in [6.07, 6.45) is 4.97. The third-order valence-corrected chi connectivity index (χ3v) is 5.31. The summed E-state index contributed by atoms with van der Waals surface area (Å²) in [5.41, 5.74) is 3.67. The van der Waals surface area contributed by atoms with Crippen LogP contribution >= 0.6 is 12.2 Å². The van der Waals surface area contributed by atoms with E-state index in [1.54, 1.807) is 0 Å². The molecule has 0 bridgehead atoms. The lowest BCUT2D eigenvalue weighted by atomic mass is 10.0. The maximum atomic E-state index is 5.65. The summed E-state index contributed by atoms with van der Waals surface area (Å²) in [7, 11) is 2.27. The summed E-state index contributed by atoms with van der Waals surface area (Å²) in [6, 6.07) is 7.07. The van der Waals surface area contributed by atoms with Crippen LogP contribution in [0.25, 0.3) is 0 Å². The highest BCUT2D eigenvalue weighted by Gasteiger charge is 2.23. The SMILES string of the molecule is CCCCN(C)C1CCN(C(=S)Nc2c(C)cccc2C)CC1. The summed E-state index contributed by atoms with van der Waals surface area (Å²) in [6.45, 7) is 9.84. The van der Waals surface area contributed by atoms with E-state index in [1.807, 2.05) is 0 Å². The van der Waals surface area contributed by atoms with Crippen LogP contribution in [-0.2, 0) is 0 Å². The molecule has 1 aromatic carbocycles. The van der Waals surface area contributed by atoms with Gasteiger partial charge in [0, 0.05) is 24.8 Å². The third kappa shape index (κ3) is 4.92. The van der Waals surface area contributed by atoms with Crippen molar-refractivity contribution in [3.8, 4) is 0 Å². The van der Waals surface area contributed by atoms with Crippen molar-refractivity contribution in [2.45, 2.75) is 52.5 Å². The number of piperidine rings is 1. The Labute approximate surface area is 147 Å². The topological polar surface area (TPSA) is 18.5 Å². The lowest BCUT2D eigenvalue weighted by Crippen LogP contribution is -2.47. The van der Waals surface area contributed by atoms with Gasteiger partial charge in [0.05, 0.1) is 0 Å². The Kier molecular flexibility index (Phi) is 6.85. The Balaban J connectivity index is 1.86. The minimum Gasteiger partial charge on any atom is -0.349 e. The Morgan fingerprint density at radius 3 is 2.43 bits per heavy atom. The number of para-hydroxylation sites is 1. The molecule has 0 aliphatic carbocycles. The molecule has 1 heterocycles. The number of anilines is 1. The van der Waals surface area contributed by atoms with Crippen molar-refractivity contribution in [2.24, 2.45) is 0 Å². The number of benzene rings is 1. The van der Waals surface area contributed by atoms with E-state index in [-0.39, 0.29) is 0 Å². The van der Waals surface area contributed by atoms with Gasteiger partial charge in [0.25, 0.3) is 0 Å². The normalized spacial score (nSPS) is 16.0. The van der Waals surface area contributed by atoms with Crippen LogP contribution in [0, 0.1) is 13.8 Å². The van der Waals surface area contributed by atoms with Crippen molar-refractivity contribution in [2.75, 3.05) is 32.0 Å². The molecule has 4 heteroatoms. The molecule has 1 saturated heterocycles. The van der Waals surface area contributed by atoms with E-state index in [2.05, 4.69) is 61.1 Å². The van der Waals surface area contributed by atoms with Gasteiger partial charge in [0.15, 0.2) is 5.11 Å². The largest absolute Gasteiger partial charge is 0.349 e. The molecule has 1 aliphatic heterocycles. The fourth-order valence-corrected chi connectivity index (χ4v) is 3.58. The minimum absolute atomic E-state index is 0.709. The van der Waals surface area contributed by atoms with E-state index in [9.17, 15) is 0 Å². The van der Waals surface area contributed by atoms with E-state index in [0.29, 0.717) is 6.04 Å². The number of nitrogens with one attached hydrogen (secondary N) is 1. The highest BCUT2D eigenvalue weighted by molar-refractivity contribution is 7.80. The number of rotatable bonds is 5. The summed E-state index contributed by atoms with van der Waals surface area (Å²) in [5.74, 6) is 0. The first-order chi connectivity index (χ1) is 11.0. The second-order valence-electron chi connectivity index (χ2n) is 6.75. The molecule has 1 aromatic rings. The van der Waals surface area contributed by atoms with Crippen LogP contribution in [-0.4, -0.2) is 47.6 Å². The van der Waals surface area contributed by atoms with Gasteiger partial charge in [-0.2, -0.15) is 0 Å². The highest BCUT2D eigenvalue weighted by atomic mass is 32.1. The van der Waals surface area contributed by atoms with Gasteiger partial charge in [0.2, 0.25) is 0 Å². The molecule has 23 heavy (non-hydrogen) atoms. The van der Waals surface area contributed by atoms with Crippen molar-refractivity contribution in [3.63, 3.8) is 0 Å². The van der Waals surface area contributed by atoms with Crippen molar-refractivity contribution >= 4 is 23.0 Å². The molecule has 1 fully saturated rings. The molecule has 1 N–H and O–H groups in total. The molecule has 0 spiro atoms. The van der Waals surface area contributed by atoms with Gasteiger partial charge >= 0.3 is 0 Å². The van der Waals surface area contributed by atoms with E-state index in [1.165, 1.54) is 49.0 Å². The van der Waals surface area contributed by atoms with Crippen LogP contribution in [0.3, 0.4) is 0 Å². The molecule has 0 unspecified atom stereocenters. The smallest absolute Gasteiger partial charge is 0.173 e. The van der Waals surface area contributed by atoms with Crippen LogP contribution in [0.15, 0.2) is 18.2 Å². The van der Waals surface area contributed by atoms with Crippen LogP contribution in [0.5, 0.6) is 0 Å². The second-order valence-corrected chi connectivity index (χ2v) is 7.14. The van der Waals surface area contributed by atoms with Crippen molar-refractivity contribution < 1.29 is 0 Å². The monoisotopic (exact) mass is 333 g/mol. The maximum Gasteiger partial charge on any atom is 0.173 e. The molecule has 0 atom stereocenters. The summed E-state index contributed by atoms with van der Waals surface area (Å²) in [5, 5.41) is 4.34. The molecule has 0 radical (unpaired) electrons. The van der Waals surface area contributed by atoms with Gasteiger partial charge in [0.1, 0.15) is 0 Å². The second kappa shape index (κ2) is 8.65. The van der Waals surface area contributed by atoms with Gasteiger partial charge in [-0.05, 0) is 70.0 Å². The van der Waals surface area contributed by atoms with Gasteiger partial charge in [-0.25, -0.2) is 0 Å². The maximum absolute atomic E-state index is 5.65. The predicted octanol–water partition coefficient (Wildman–Crippen LogP) is 4.20. The van der Waals surface area contributed by atoms with Crippen LogP contribution in [0.4, 0.5) is 5.69 Å². The summed E-state index contributed by atoms with van der Waals surface area (Å²) in [4.78, 5) is 4.86. The molecule has 2 rings (SSSR count). The van der Waals surface area contributed by atoms with Crippen LogP contribution < -0.4 is 5.32 Å². The number of nitrogens with zero attached hydrogens (tertiary/aromatic N) is 2. The zero-order valence-electron chi connectivity index (χ0n) is 15.1. The highest BCUT2D eigenvalue weighted by Crippen LogP contribution is 2.22. The van der Waals surface area contributed by atoms with Crippen LogP contribution in [0.2, 0.25) is 0 Å². The Morgan fingerprint density at radius 2 is 1.87 bits per heavy atom. The zero-order chi connectivity index (χ0) is 16.8. The minimum atomic E-state index is 0.709. The molecular formula is C19H31N3S. The molecule has 3 nitrogen and oxygen atoms in total. The first-order valence-corrected chi connectivity index (χ1v) is 9.26. The Bertz CT molecular complexity index is 501. The molecule has 0 saturated carbocycles. The first-order valence-electron chi connectivity index (χ1n) is 8.85. The quantitative estimate of drug-likeness (QED) is 0.814. The molecule has 128 valence electrons. The van der Waals surface area contributed by atoms with Crippen LogP contribution in [0.1, 0.15) is 43.7 Å². The van der Waals surface area contributed by atoms with Gasteiger partial charge < -0.3 is 15.1 Å². The fourth-order valence-electron chi connectivity index (χ4n) is 3.30. The average Bonchev–Trinajstić information content (AvgIpc) is 2.56. The number of thiocarbonyl (C=S) groups is 1. The van der Waals surface area contributed by atoms with Gasteiger partial charge in [-0.15, -0.1) is 0 Å². The van der Waals surface area contributed by atoms with E-state index >= 15 is 0 Å². The standard InChI is InChI=1S/C19H31N3S/c1-5-6-12-21(4)17-10-13-22(14-11-17)19(23)20-18-15(2)8-7-9-16(18)3/h7-9,17H,5-6,10-14H2,1-4H3,(H,20,23). The van der Waals surface area contributed by atoms with E-state index < -0.39 is 0 Å². The van der Waals surface area contributed by atoms with Gasteiger partial charge in [-0.3, -0.25) is 0 Å².